The summed E-state index contributed by atoms with van der Waals surface area (Å²) >= 11 is 0. The fraction of sp³-hybridized carbons (Fsp3) is 0.480. The fourth-order valence-electron chi connectivity index (χ4n) is 4.50. The van der Waals surface area contributed by atoms with E-state index in [2.05, 4.69) is 41.7 Å². The number of urea groups is 1. The number of halogens is 1. The molecule has 3 aromatic rings. The molecule has 0 atom stereocenters. The molecule has 12 heteroatoms. The second-order valence-corrected chi connectivity index (χ2v) is 10.0. The molecule has 0 aromatic carbocycles. The van der Waals surface area contributed by atoms with Gasteiger partial charge in [0.15, 0.2) is 11.3 Å². The van der Waals surface area contributed by atoms with Crippen LogP contribution >= 0.6 is 0 Å². The number of rotatable bonds is 8. The van der Waals surface area contributed by atoms with Crippen LogP contribution < -0.4 is 26.6 Å². The lowest BCUT2D eigenvalue weighted by molar-refractivity contribution is 0.102. The SMILES string of the molecule is CC(C)NC(=O)N[C@H]1CC[C@H](Nc2cc(NC3CC3)c3ncc(C(=O)Nc4ccnc(F)c4)n3n2)CC1. The zero-order valence-corrected chi connectivity index (χ0v) is 20.9. The molecule has 5 N–H and O–H groups in total. The Labute approximate surface area is 214 Å². The number of amides is 3. The van der Waals surface area contributed by atoms with Crippen LogP contribution in [0.15, 0.2) is 30.6 Å². The smallest absolute Gasteiger partial charge is 0.315 e. The predicted octanol–water partition coefficient (Wildman–Crippen LogP) is 3.52. The van der Waals surface area contributed by atoms with Gasteiger partial charge in [0, 0.05) is 48.2 Å². The molecule has 3 heterocycles. The highest BCUT2D eigenvalue weighted by atomic mass is 19.1. The van der Waals surface area contributed by atoms with Gasteiger partial charge < -0.3 is 26.6 Å². The van der Waals surface area contributed by atoms with Gasteiger partial charge in [-0.2, -0.15) is 4.39 Å². The highest BCUT2D eigenvalue weighted by molar-refractivity contribution is 6.03. The summed E-state index contributed by atoms with van der Waals surface area (Å²) in [5.74, 6) is -0.500. The highest BCUT2D eigenvalue weighted by Gasteiger charge is 2.26. The third kappa shape index (κ3) is 6.25. The van der Waals surface area contributed by atoms with E-state index in [1.807, 2.05) is 19.9 Å². The van der Waals surface area contributed by atoms with Gasteiger partial charge in [0.2, 0.25) is 5.95 Å². The fourth-order valence-corrected chi connectivity index (χ4v) is 4.50. The predicted molar refractivity (Wildman–Crippen MR) is 138 cm³/mol. The first-order chi connectivity index (χ1) is 17.8. The van der Waals surface area contributed by atoms with Crippen molar-refractivity contribution in [2.24, 2.45) is 0 Å². The molecule has 0 aliphatic heterocycles. The first-order valence-electron chi connectivity index (χ1n) is 12.8. The molecule has 3 amide bonds. The summed E-state index contributed by atoms with van der Waals surface area (Å²) in [6.45, 7) is 3.87. The van der Waals surface area contributed by atoms with Crippen molar-refractivity contribution in [1.82, 2.24) is 30.2 Å². The second-order valence-electron chi connectivity index (χ2n) is 10.0. The van der Waals surface area contributed by atoms with Crippen molar-refractivity contribution in [2.75, 3.05) is 16.0 Å². The number of imidazole rings is 1. The van der Waals surface area contributed by atoms with Gasteiger partial charge in [-0.3, -0.25) is 4.79 Å². The molecule has 196 valence electrons. The van der Waals surface area contributed by atoms with E-state index in [1.165, 1.54) is 23.0 Å². The van der Waals surface area contributed by atoms with E-state index >= 15 is 0 Å². The minimum atomic E-state index is -0.679. The Kier molecular flexibility index (Phi) is 7.06. The summed E-state index contributed by atoms with van der Waals surface area (Å²) in [5, 5.41) is 20.3. The van der Waals surface area contributed by atoms with Gasteiger partial charge in [-0.25, -0.2) is 19.3 Å². The van der Waals surface area contributed by atoms with Gasteiger partial charge in [0.05, 0.1) is 11.9 Å². The number of hydrogen-bond acceptors (Lipinski definition) is 7. The van der Waals surface area contributed by atoms with Gasteiger partial charge in [-0.1, -0.05) is 0 Å². The lowest BCUT2D eigenvalue weighted by Crippen LogP contribution is -2.46. The highest BCUT2D eigenvalue weighted by Crippen LogP contribution is 2.30. The van der Waals surface area contributed by atoms with Crippen LogP contribution in [0.4, 0.5) is 26.4 Å². The number of aromatic nitrogens is 4. The molecule has 3 aromatic heterocycles. The second kappa shape index (κ2) is 10.6. The minimum Gasteiger partial charge on any atom is -0.379 e. The Hall–Kier alpha value is -3.96. The van der Waals surface area contributed by atoms with Crippen LogP contribution in [-0.4, -0.2) is 55.7 Å². The van der Waals surface area contributed by atoms with Crippen LogP contribution in [0.1, 0.15) is 62.9 Å². The first kappa shape index (κ1) is 24.7. The van der Waals surface area contributed by atoms with Gasteiger partial charge in [0.25, 0.3) is 5.91 Å². The molecular weight excluding hydrogens is 477 g/mol. The van der Waals surface area contributed by atoms with Gasteiger partial charge in [-0.05, 0) is 58.4 Å². The summed E-state index contributed by atoms with van der Waals surface area (Å²) in [5.41, 5.74) is 1.88. The normalized spacial score (nSPS) is 19.5. The van der Waals surface area contributed by atoms with Crippen LogP contribution in [0.3, 0.4) is 0 Å². The maximum Gasteiger partial charge on any atom is 0.315 e. The van der Waals surface area contributed by atoms with E-state index in [4.69, 9.17) is 0 Å². The van der Waals surface area contributed by atoms with Crippen molar-refractivity contribution >= 4 is 34.8 Å². The molecule has 2 saturated carbocycles. The van der Waals surface area contributed by atoms with Gasteiger partial charge in [0.1, 0.15) is 5.82 Å². The molecule has 5 rings (SSSR count). The largest absolute Gasteiger partial charge is 0.379 e. The zero-order valence-electron chi connectivity index (χ0n) is 20.9. The zero-order chi connectivity index (χ0) is 25.9. The molecule has 2 fully saturated rings. The van der Waals surface area contributed by atoms with E-state index in [9.17, 15) is 14.0 Å². The maximum atomic E-state index is 13.5. The van der Waals surface area contributed by atoms with Crippen LogP contribution in [-0.2, 0) is 0 Å². The molecule has 2 aliphatic rings. The Morgan fingerprint density at radius 3 is 2.41 bits per heavy atom. The summed E-state index contributed by atoms with van der Waals surface area (Å²) in [7, 11) is 0. The molecular formula is C25H32FN9O2. The quantitative estimate of drug-likeness (QED) is 0.293. The summed E-state index contributed by atoms with van der Waals surface area (Å²) < 4.78 is 15.0. The standard InChI is InChI=1S/C25H32FN9O2/c1-14(2)29-25(37)33-17-7-5-16(6-8-17)31-22-12-19(30-15-3-4-15)23-28-13-20(35(23)34-22)24(36)32-18-9-10-27-21(26)11-18/h9-17,30H,3-8H2,1-2H3,(H,31,34)(H,27,32,36)(H2,29,33,37)/t16-,17-. The lowest BCUT2D eigenvalue weighted by atomic mass is 9.91. The number of pyridine rings is 1. The molecule has 0 saturated heterocycles. The monoisotopic (exact) mass is 509 g/mol. The van der Waals surface area contributed by atoms with Crippen molar-refractivity contribution in [3.05, 3.63) is 42.2 Å². The molecule has 0 bridgehead atoms. The first-order valence-corrected chi connectivity index (χ1v) is 12.8. The maximum absolute atomic E-state index is 13.5. The van der Waals surface area contributed by atoms with E-state index in [-0.39, 0.29) is 29.9 Å². The average molecular weight is 510 g/mol. The van der Waals surface area contributed by atoms with Crippen LogP contribution in [0.25, 0.3) is 5.65 Å². The molecule has 37 heavy (non-hydrogen) atoms. The van der Waals surface area contributed by atoms with E-state index in [0.29, 0.717) is 23.2 Å². The number of carbonyl (C=O) groups excluding carboxylic acids is 2. The van der Waals surface area contributed by atoms with E-state index in [1.54, 1.807) is 0 Å². The van der Waals surface area contributed by atoms with Crippen LogP contribution in [0, 0.1) is 5.95 Å². The molecule has 0 unspecified atom stereocenters. The summed E-state index contributed by atoms with van der Waals surface area (Å²) in [6, 6.07) is 5.27. The molecule has 11 nitrogen and oxygen atoms in total. The minimum absolute atomic E-state index is 0.0958. The Balaban J connectivity index is 1.31. The van der Waals surface area contributed by atoms with Gasteiger partial charge in [-0.15, -0.1) is 5.10 Å². The van der Waals surface area contributed by atoms with Gasteiger partial charge >= 0.3 is 6.03 Å². The number of hydrogen-bond donors (Lipinski definition) is 5. The van der Waals surface area contributed by atoms with E-state index in [0.717, 1.165) is 50.3 Å². The van der Waals surface area contributed by atoms with Crippen molar-refractivity contribution in [3.8, 4) is 0 Å². The van der Waals surface area contributed by atoms with Crippen molar-refractivity contribution in [3.63, 3.8) is 0 Å². The Morgan fingerprint density at radius 1 is 1.00 bits per heavy atom. The number of nitrogens with zero attached hydrogens (tertiary/aromatic N) is 4. The third-order valence-electron chi connectivity index (χ3n) is 6.46. The molecule has 0 spiro atoms. The summed E-state index contributed by atoms with van der Waals surface area (Å²) in [4.78, 5) is 33.0. The Morgan fingerprint density at radius 2 is 1.70 bits per heavy atom. The van der Waals surface area contributed by atoms with Crippen molar-refractivity contribution in [1.29, 1.82) is 0 Å². The summed E-state index contributed by atoms with van der Waals surface area (Å²) in [6.07, 6.45) is 8.40. The Bertz CT molecular complexity index is 1280. The van der Waals surface area contributed by atoms with Crippen LogP contribution in [0.5, 0.6) is 0 Å². The molecule has 2 aliphatic carbocycles. The number of carbonyl (C=O) groups is 2. The number of nitrogens with one attached hydrogen (secondary N) is 5. The van der Waals surface area contributed by atoms with Crippen LogP contribution in [0.2, 0.25) is 0 Å². The lowest BCUT2D eigenvalue weighted by Gasteiger charge is -2.30. The van der Waals surface area contributed by atoms with Crippen molar-refractivity contribution < 1.29 is 14.0 Å². The third-order valence-corrected chi connectivity index (χ3v) is 6.46. The average Bonchev–Trinajstić information content (AvgIpc) is 3.55. The van der Waals surface area contributed by atoms with Crippen molar-refractivity contribution in [2.45, 2.75) is 76.5 Å². The van der Waals surface area contributed by atoms with E-state index < -0.39 is 11.9 Å². The number of anilines is 3. The molecule has 0 radical (unpaired) electrons. The topological polar surface area (TPSA) is 137 Å². The number of fused-ring (bicyclic) bond motifs is 1.